The summed E-state index contributed by atoms with van der Waals surface area (Å²) in [4.78, 5) is 7.11. The van der Waals surface area contributed by atoms with E-state index in [1.54, 1.807) is 12.4 Å². The molecular weight excluding hydrogens is 226 g/mol. The minimum atomic E-state index is 0.425. The highest BCUT2D eigenvalue weighted by molar-refractivity contribution is 7.11. The summed E-state index contributed by atoms with van der Waals surface area (Å²) in [6.07, 6.45) is 3.49. The lowest BCUT2D eigenvalue weighted by molar-refractivity contribution is 0.344. The number of H-pyrrole nitrogens is 1. The summed E-state index contributed by atoms with van der Waals surface area (Å²) in [6.45, 7) is 3.07. The molecule has 6 nitrogen and oxygen atoms in total. The average Bonchev–Trinajstić information content (AvgIpc) is 2.89. The molecule has 7 heteroatoms. The smallest absolute Gasteiger partial charge is 0.197 e. The van der Waals surface area contributed by atoms with Crippen LogP contribution in [0.5, 0.6) is 5.75 Å². The third-order valence-electron chi connectivity index (χ3n) is 1.93. The van der Waals surface area contributed by atoms with E-state index in [2.05, 4.69) is 19.7 Å². The molecule has 0 saturated carbocycles. The molecule has 0 atom stereocenters. The van der Waals surface area contributed by atoms with E-state index in [0.29, 0.717) is 24.7 Å². The second-order valence-electron chi connectivity index (χ2n) is 3.05. The normalized spacial score (nSPS) is 10.3. The lowest BCUT2D eigenvalue weighted by Gasteiger charge is -2.05. The summed E-state index contributed by atoms with van der Waals surface area (Å²) < 4.78 is 9.44. The Morgan fingerprint density at radius 1 is 1.62 bits per heavy atom. The maximum Gasteiger partial charge on any atom is 0.197 e. The number of hydrogen-bond acceptors (Lipinski definition) is 6. The number of nitrogens with one attached hydrogen (secondary N) is 2. The molecule has 0 amide bonds. The van der Waals surface area contributed by atoms with Gasteiger partial charge in [0.05, 0.1) is 13.2 Å². The predicted octanol–water partition coefficient (Wildman–Crippen LogP) is 1.46. The third kappa shape index (κ3) is 2.25. The molecule has 0 aliphatic heterocycles. The Hall–Kier alpha value is -1.76. The van der Waals surface area contributed by atoms with E-state index < -0.39 is 0 Å². The van der Waals surface area contributed by atoms with Crippen molar-refractivity contribution in [1.82, 2.24) is 14.3 Å². The van der Waals surface area contributed by atoms with Crippen LogP contribution in [-0.2, 0) is 6.54 Å². The Morgan fingerprint density at radius 2 is 2.50 bits per heavy atom. The Kier molecular flexibility index (Phi) is 3.25. The lowest BCUT2D eigenvalue weighted by atomic mass is 10.5. The van der Waals surface area contributed by atoms with E-state index in [-0.39, 0.29) is 0 Å². The number of nitrogens with zero attached hydrogens (tertiary/aromatic N) is 2. The summed E-state index contributed by atoms with van der Waals surface area (Å²) in [5.74, 6) is 1.90. The third-order valence-corrected chi connectivity index (χ3v) is 2.73. The highest BCUT2D eigenvalue weighted by Crippen LogP contribution is 2.35. The molecule has 0 aliphatic rings. The van der Waals surface area contributed by atoms with Gasteiger partial charge < -0.3 is 20.8 Å². The summed E-state index contributed by atoms with van der Waals surface area (Å²) in [6, 6.07) is 0. The minimum Gasteiger partial charge on any atom is -0.487 e. The van der Waals surface area contributed by atoms with Crippen molar-refractivity contribution in [2.24, 2.45) is 0 Å². The van der Waals surface area contributed by atoms with Crippen molar-refractivity contribution in [2.75, 3.05) is 17.7 Å². The lowest BCUT2D eigenvalue weighted by Crippen LogP contribution is -2.02. The zero-order valence-electron chi connectivity index (χ0n) is 8.86. The molecule has 0 spiro atoms. The Balaban J connectivity index is 2.03. The van der Waals surface area contributed by atoms with Gasteiger partial charge in [0.1, 0.15) is 5.82 Å². The molecule has 2 rings (SSSR count). The second-order valence-corrected chi connectivity index (χ2v) is 3.82. The fourth-order valence-electron chi connectivity index (χ4n) is 1.25. The SMILES string of the molecule is CCOc1c(N)nsc1NCc1ncc[nH]1. The highest BCUT2D eigenvalue weighted by Gasteiger charge is 2.12. The molecule has 4 N–H and O–H groups in total. The fraction of sp³-hybridized carbons (Fsp3) is 0.333. The Morgan fingerprint density at radius 3 is 3.19 bits per heavy atom. The summed E-state index contributed by atoms with van der Waals surface area (Å²) in [5.41, 5.74) is 5.69. The van der Waals surface area contributed by atoms with Crippen LogP contribution in [0.25, 0.3) is 0 Å². The van der Waals surface area contributed by atoms with Crippen LogP contribution in [-0.4, -0.2) is 20.9 Å². The molecule has 0 radical (unpaired) electrons. The van der Waals surface area contributed by atoms with Gasteiger partial charge in [-0.05, 0) is 18.5 Å². The van der Waals surface area contributed by atoms with E-state index in [4.69, 9.17) is 10.5 Å². The van der Waals surface area contributed by atoms with Crippen LogP contribution in [0.4, 0.5) is 10.8 Å². The monoisotopic (exact) mass is 239 g/mol. The summed E-state index contributed by atoms with van der Waals surface area (Å²) >= 11 is 1.29. The first-order valence-electron chi connectivity index (χ1n) is 4.91. The Bertz CT molecular complexity index is 439. The first kappa shape index (κ1) is 10.7. The average molecular weight is 239 g/mol. The first-order valence-corrected chi connectivity index (χ1v) is 5.68. The number of anilines is 2. The van der Waals surface area contributed by atoms with Crippen LogP contribution in [0, 0.1) is 0 Å². The van der Waals surface area contributed by atoms with Gasteiger partial charge in [0.15, 0.2) is 16.6 Å². The number of rotatable bonds is 5. The quantitative estimate of drug-likeness (QED) is 0.735. The van der Waals surface area contributed by atoms with Crippen LogP contribution in [0.2, 0.25) is 0 Å². The Labute approximate surface area is 97.0 Å². The maximum atomic E-state index is 5.69. The van der Waals surface area contributed by atoms with E-state index in [1.165, 1.54) is 11.5 Å². The number of nitrogen functional groups attached to an aromatic ring is 1. The largest absolute Gasteiger partial charge is 0.487 e. The zero-order valence-corrected chi connectivity index (χ0v) is 9.67. The summed E-state index contributed by atoms with van der Waals surface area (Å²) in [7, 11) is 0. The predicted molar refractivity (Wildman–Crippen MR) is 63.6 cm³/mol. The number of hydrogen-bond donors (Lipinski definition) is 3. The molecule has 2 aromatic heterocycles. The van der Waals surface area contributed by atoms with Crippen molar-refractivity contribution in [3.8, 4) is 5.75 Å². The molecule has 0 saturated heterocycles. The van der Waals surface area contributed by atoms with Crippen molar-refractivity contribution in [2.45, 2.75) is 13.5 Å². The van der Waals surface area contributed by atoms with E-state index in [9.17, 15) is 0 Å². The van der Waals surface area contributed by atoms with Gasteiger partial charge in [0.25, 0.3) is 0 Å². The van der Waals surface area contributed by atoms with Gasteiger partial charge in [-0.2, -0.15) is 4.37 Å². The van der Waals surface area contributed by atoms with Crippen molar-refractivity contribution in [1.29, 1.82) is 0 Å². The van der Waals surface area contributed by atoms with Crippen LogP contribution >= 0.6 is 11.5 Å². The first-order chi connectivity index (χ1) is 7.81. The molecular formula is C9H13N5OS. The molecule has 0 unspecified atom stereocenters. The van der Waals surface area contributed by atoms with Crippen LogP contribution in [0.1, 0.15) is 12.7 Å². The topological polar surface area (TPSA) is 88.8 Å². The van der Waals surface area contributed by atoms with Gasteiger partial charge in [0, 0.05) is 12.4 Å². The van der Waals surface area contributed by atoms with Crippen LogP contribution in [0.3, 0.4) is 0 Å². The second kappa shape index (κ2) is 4.84. The van der Waals surface area contributed by atoms with Crippen molar-refractivity contribution < 1.29 is 4.74 Å². The fourth-order valence-corrected chi connectivity index (χ4v) is 1.90. The maximum absolute atomic E-state index is 5.69. The van der Waals surface area contributed by atoms with Gasteiger partial charge in [0.2, 0.25) is 0 Å². The van der Waals surface area contributed by atoms with E-state index in [0.717, 1.165) is 10.8 Å². The van der Waals surface area contributed by atoms with Gasteiger partial charge in [-0.15, -0.1) is 0 Å². The zero-order chi connectivity index (χ0) is 11.4. The van der Waals surface area contributed by atoms with Gasteiger partial charge >= 0.3 is 0 Å². The number of ether oxygens (including phenoxy) is 1. The van der Waals surface area contributed by atoms with Crippen molar-refractivity contribution in [3.05, 3.63) is 18.2 Å². The number of nitrogens with two attached hydrogens (primary N) is 1. The highest BCUT2D eigenvalue weighted by atomic mass is 32.1. The number of imidazole rings is 1. The standard InChI is InChI=1S/C9H13N5OS/c1-2-15-7-8(10)14-16-9(7)13-5-6-11-3-4-12-6/h3-4,13H,2,5H2,1H3,(H2,10,14)(H,11,12). The van der Waals surface area contributed by atoms with E-state index >= 15 is 0 Å². The molecule has 0 aromatic carbocycles. The van der Waals surface area contributed by atoms with Gasteiger partial charge in [-0.25, -0.2) is 4.98 Å². The van der Waals surface area contributed by atoms with Gasteiger partial charge in [-0.3, -0.25) is 0 Å². The molecule has 2 heterocycles. The van der Waals surface area contributed by atoms with Crippen molar-refractivity contribution in [3.63, 3.8) is 0 Å². The van der Waals surface area contributed by atoms with Crippen molar-refractivity contribution >= 4 is 22.4 Å². The molecule has 0 bridgehead atoms. The molecule has 0 aliphatic carbocycles. The van der Waals surface area contributed by atoms with Crippen LogP contribution < -0.4 is 15.8 Å². The minimum absolute atomic E-state index is 0.425. The van der Waals surface area contributed by atoms with E-state index in [1.807, 2.05) is 6.92 Å². The summed E-state index contributed by atoms with van der Waals surface area (Å²) in [5, 5.41) is 4.01. The number of aromatic amines is 1. The molecule has 86 valence electrons. The van der Waals surface area contributed by atoms with Gasteiger partial charge in [-0.1, -0.05) is 0 Å². The van der Waals surface area contributed by atoms with Crippen LogP contribution in [0.15, 0.2) is 12.4 Å². The molecule has 2 aromatic rings. The molecule has 16 heavy (non-hydrogen) atoms. The number of aromatic nitrogens is 3. The molecule has 0 fully saturated rings.